The van der Waals surface area contributed by atoms with Gasteiger partial charge in [-0.05, 0) is 43.0 Å². The fourth-order valence-corrected chi connectivity index (χ4v) is 5.22. The molecule has 7 nitrogen and oxygen atoms in total. The van der Waals surface area contributed by atoms with Crippen LogP contribution in [0.15, 0.2) is 35.7 Å². The molecule has 1 aromatic rings. The van der Waals surface area contributed by atoms with Crippen LogP contribution in [0.25, 0.3) is 0 Å². The molecule has 1 aliphatic carbocycles. The minimum Gasteiger partial charge on any atom is -0.335 e. The molecule has 0 unspecified atom stereocenters. The SMILES string of the molecule is C=CCN(C(=O)CN(C)S(=O)(=O)c1ccc2c(c1)CCC(=O)N2)C1CCCCC1. The van der Waals surface area contributed by atoms with Crippen molar-refractivity contribution in [2.24, 2.45) is 0 Å². The van der Waals surface area contributed by atoms with Gasteiger partial charge in [-0.15, -0.1) is 6.58 Å². The molecule has 1 heterocycles. The minimum absolute atomic E-state index is 0.0687. The summed E-state index contributed by atoms with van der Waals surface area (Å²) in [5, 5.41) is 2.75. The van der Waals surface area contributed by atoms with Crippen molar-refractivity contribution in [3.8, 4) is 0 Å². The first kappa shape index (κ1) is 21.5. The lowest BCUT2D eigenvalue weighted by molar-refractivity contribution is -0.133. The summed E-state index contributed by atoms with van der Waals surface area (Å²) in [6, 6.07) is 4.83. The summed E-state index contributed by atoms with van der Waals surface area (Å²) >= 11 is 0. The van der Waals surface area contributed by atoms with Crippen LogP contribution in [0.3, 0.4) is 0 Å². The number of fused-ring (bicyclic) bond motifs is 1. The van der Waals surface area contributed by atoms with E-state index in [-0.39, 0.29) is 29.3 Å². The maximum atomic E-state index is 13.0. The molecule has 1 fully saturated rings. The van der Waals surface area contributed by atoms with Gasteiger partial charge in [-0.25, -0.2) is 8.42 Å². The fourth-order valence-electron chi connectivity index (χ4n) is 4.05. The van der Waals surface area contributed by atoms with E-state index in [0.29, 0.717) is 25.1 Å². The number of hydrogen-bond donors (Lipinski definition) is 1. The van der Waals surface area contributed by atoms with Gasteiger partial charge in [0.25, 0.3) is 0 Å². The van der Waals surface area contributed by atoms with Crippen LogP contribution < -0.4 is 5.32 Å². The third-order valence-corrected chi connectivity index (χ3v) is 7.50. The molecule has 0 spiro atoms. The van der Waals surface area contributed by atoms with E-state index in [1.807, 2.05) is 0 Å². The predicted molar refractivity (Wildman–Crippen MR) is 112 cm³/mol. The molecule has 2 aliphatic rings. The van der Waals surface area contributed by atoms with E-state index in [9.17, 15) is 18.0 Å². The second-order valence-corrected chi connectivity index (χ2v) is 9.80. The number of hydrogen-bond acceptors (Lipinski definition) is 4. The van der Waals surface area contributed by atoms with Crippen molar-refractivity contribution in [3.05, 3.63) is 36.4 Å². The minimum atomic E-state index is -3.81. The third-order valence-electron chi connectivity index (χ3n) is 5.70. The molecule has 29 heavy (non-hydrogen) atoms. The molecular weight excluding hydrogens is 390 g/mol. The third kappa shape index (κ3) is 4.87. The number of nitrogens with zero attached hydrogens (tertiary/aromatic N) is 2. The smallest absolute Gasteiger partial charge is 0.243 e. The fraction of sp³-hybridized carbons (Fsp3) is 0.524. The van der Waals surface area contributed by atoms with Crippen LogP contribution in [0.1, 0.15) is 44.1 Å². The van der Waals surface area contributed by atoms with Crippen LogP contribution in [0.2, 0.25) is 0 Å². The summed E-state index contributed by atoms with van der Waals surface area (Å²) in [7, 11) is -2.38. The highest BCUT2D eigenvalue weighted by Gasteiger charge is 2.29. The maximum absolute atomic E-state index is 13.0. The number of amides is 2. The summed E-state index contributed by atoms with van der Waals surface area (Å²) in [6.07, 6.45) is 7.79. The molecule has 8 heteroatoms. The Morgan fingerprint density at radius 2 is 1.97 bits per heavy atom. The number of aryl methyl sites for hydroxylation is 1. The molecule has 1 aromatic carbocycles. The summed E-state index contributed by atoms with van der Waals surface area (Å²) in [5.41, 5.74) is 1.44. The van der Waals surface area contributed by atoms with E-state index in [4.69, 9.17) is 0 Å². The van der Waals surface area contributed by atoms with Crippen LogP contribution in [0.4, 0.5) is 5.69 Å². The van der Waals surface area contributed by atoms with Crippen molar-refractivity contribution in [3.63, 3.8) is 0 Å². The molecule has 0 radical (unpaired) electrons. The van der Waals surface area contributed by atoms with Crippen LogP contribution in [-0.2, 0) is 26.0 Å². The van der Waals surface area contributed by atoms with Gasteiger partial charge < -0.3 is 10.2 Å². The number of benzene rings is 1. The summed E-state index contributed by atoms with van der Waals surface area (Å²) in [4.78, 5) is 26.3. The van der Waals surface area contributed by atoms with Gasteiger partial charge in [-0.1, -0.05) is 25.3 Å². The van der Waals surface area contributed by atoms with Gasteiger partial charge in [0.15, 0.2) is 0 Å². The van der Waals surface area contributed by atoms with Gasteiger partial charge in [0.2, 0.25) is 21.8 Å². The highest BCUT2D eigenvalue weighted by Crippen LogP contribution is 2.27. The molecule has 1 aliphatic heterocycles. The zero-order valence-electron chi connectivity index (χ0n) is 16.9. The van der Waals surface area contributed by atoms with E-state index in [1.54, 1.807) is 23.1 Å². The Kier molecular flexibility index (Phi) is 6.74. The van der Waals surface area contributed by atoms with Crippen molar-refractivity contribution in [2.45, 2.75) is 55.9 Å². The Hall–Kier alpha value is -2.19. The van der Waals surface area contributed by atoms with Crippen molar-refractivity contribution in [2.75, 3.05) is 25.5 Å². The Morgan fingerprint density at radius 1 is 1.24 bits per heavy atom. The number of rotatable bonds is 7. The van der Waals surface area contributed by atoms with E-state index in [2.05, 4.69) is 11.9 Å². The molecule has 0 aromatic heterocycles. The van der Waals surface area contributed by atoms with Gasteiger partial charge in [-0.2, -0.15) is 4.31 Å². The number of sulfonamides is 1. The number of anilines is 1. The van der Waals surface area contributed by atoms with E-state index in [0.717, 1.165) is 35.6 Å². The first-order valence-corrected chi connectivity index (χ1v) is 11.6. The van der Waals surface area contributed by atoms with Crippen LogP contribution >= 0.6 is 0 Å². The molecule has 158 valence electrons. The first-order chi connectivity index (χ1) is 13.8. The molecule has 1 N–H and O–H groups in total. The Labute approximate surface area is 172 Å². The number of nitrogens with one attached hydrogen (secondary N) is 1. The number of carbonyl (C=O) groups excluding carboxylic acids is 2. The molecule has 0 atom stereocenters. The van der Waals surface area contributed by atoms with Crippen LogP contribution in [0.5, 0.6) is 0 Å². The van der Waals surface area contributed by atoms with Gasteiger partial charge in [-0.3, -0.25) is 9.59 Å². The zero-order valence-corrected chi connectivity index (χ0v) is 17.7. The molecule has 0 bridgehead atoms. The second kappa shape index (κ2) is 9.09. The Bertz CT molecular complexity index is 891. The number of likely N-dealkylation sites (N-methyl/N-ethyl adjacent to an activating group) is 1. The average molecular weight is 420 g/mol. The predicted octanol–water partition coefficient (Wildman–Crippen LogP) is 2.54. The summed E-state index contributed by atoms with van der Waals surface area (Å²) < 4.78 is 27.2. The van der Waals surface area contributed by atoms with E-state index < -0.39 is 10.0 Å². The maximum Gasteiger partial charge on any atom is 0.243 e. The Morgan fingerprint density at radius 3 is 2.66 bits per heavy atom. The molecule has 0 saturated heterocycles. The van der Waals surface area contributed by atoms with Crippen molar-refractivity contribution >= 4 is 27.5 Å². The van der Waals surface area contributed by atoms with E-state index in [1.165, 1.54) is 19.5 Å². The van der Waals surface area contributed by atoms with Gasteiger partial charge >= 0.3 is 0 Å². The Balaban J connectivity index is 1.74. The monoisotopic (exact) mass is 419 g/mol. The van der Waals surface area contributed by atoms with Gasteiger partial charge in [0.05, 0.1) is 11.4 Å². The normalized spacial score (nSPS) is 17.5. The van der Waals surface area contributed by atoms with Crippen LogP contribution in [-0.4, -0.2) is 55.6 Å². The van der Waals surface area contributed by atoms with Crippen molar-refractivity contribution < 1.29 is 18.0 Å². The standard InChI is InChI=1S/C21H29N3O4S/c1-3-13-24(17-7-5-4-6-8-17)21(26)15-23(2)29(27,28)18-10-11-19-16(14-18)9-12-20(25)22-19/h3,10-11,14,17H,1,4-9,12-13,15H2,2H3,(H,22,25). The van der Waals surface area contributed by atoms with Crippen molar-refractivity contribution in [1.82, 2.24) is 9.21 Å². The topological polar surface area (TPSA) is 86.8 Å². The van der Waals surface area contributed by atoms with E-state index >= 15 is 0 Å². The quantitative estimate of drug-likeness (QED) is 0.688. The highest BCUT2D eigenvalue weighted by atomic mass is 32.2. The lowest BCUT2D eigenvalue weighted by Gasteiger charge is -2.34. The summed E-state index contributed by atoms with van der Waals surface area (Å²) in [5.74, 6) is -0.269. The molecule has 1 saturated carbocycles. The largest absolute Gasteiger partial charge is 0.335 e. The zero-order chi connectivity index (χ0) is 21.0. The van der Waals surface area contributed by atoms with Gasteiger partial charge in [0.1, 0.15) is 0 Å². The first-order valence-electron chi connectivity index (χ1n) is 10.1. The highest BCUT2D eigenvalue weighted by molar-refractivity contribution is 7.89. The second-order valence-electron chi connectivity index (χ2n) is 7.75. The average Bonchev–Trinajstić information content (AvgIpc) is 2.72. The van der Waals surface area contributed by atoms with Crippen LogP contribution in [0, 0.1) is 0 Å². The number of carbonyl (C=O) groups is 2. The molecular formula is C21H29N3O4S. The summed E-state index contributed by atoms with van der Waals surface area (Å²) in [6.45, 7) is 3.96. The lowest BCUT2D eigenvalue weighted by Crippen LogP contribution is -2.46. The molecule has 3 rings (SSSR count). The lowest BCUT2D eigenvalue weighted by atomic mass is 9.94. The van der Waals surface area contributed by atoms with Gasteiger partial charge in [0, 0.05) is 31.7 Å². The van der Waals surface area contributed by atoms with Crippen molar-refractivity contribution in [1.29, 1.82) is 0 Å². The molecule has 2 amide bonds.